The Morgan fingerprint density at radius 2 is 1.81 bits per heavy atom. The number of H-pyrrole nitrogens is 1. The smallest absolute Gasteiger partial charge is 0.325 e. The Bertz CT molecular complexity index is 874. The van der Waals surface area contributed by atoms with Crippen molar-refractivity contribution in [1.29, 1.82) is 0 Å². The molecule has 0 radical (unpaired) electrons. The van der Waals surface area contributed by atoms with E-state index in [9.17, 15) is 9.59 Å². The van der Waals surface area contributed by atoms with Gasteiger partial charge in [0.25, 0.3) is 5.56 Å². The van der Waals surface area contributed by atoms with Crippen molar-refractivity contribution in [2.45, 2.75) is 6.54 Å². The summed E-state index contributed by atoms with van der Waals surface area (Å²) in [6, 6.07) is 8.38. The summed E-state index contributed by atoms with van der Waals surface area (Å²) in [5, 5.41) is 7.87. The molecule has 0 aliphatic heterocycles. The van der Waals surface area contributed by atoms with E-state index in [-0.39, 0.29) is 0 Å². The van der Waals surface area contributed by atoms with Crippen molar-refractivity contribution in [3.05, 3.63) is 69.3 Å². The molecule has 0 aliphatic rings. The molecule has 3 aromatic rings. The van der Waals surface area contributed by atoms with Crippen LogP contribution in [0.3, 0.4) is 0 Å². The van der Waals surface area contributed by atoms with Gasteiger partial charge in [0, 0.05) is 18.8 Å². The summed E-state index contributed by atoms with van der Waals surface area (Å²) >= 11 is 0. The first-order valence-corrected chi connectivity index (χ1v) is 6.21. The van der Waals surface area contributed by atoms with Gasteiger partial charge >= 0.3 is 5.69 Å². The standard InChI is InChI=1S/C13H12N6O2/c14-7-9-8-19(17-16-9)11-3-1-10(2-4-11)18-6-5-12(20)15-13(18)21/h1-6,8H,7,14H2,(H,15,20,21). The Hall–Kier alpha value is -3.00. The van der Waals surface area contributed by atoms with Gasteiger partial charge in [-0.1, -0.05) is 5.21 Å². The predicted molar refractivity (Wildman–Crippen MR) is 75.5 cm³/mol. The van der Waals surface area contributed by atoms with Crippen LogP contribution in [0.15, 0.2) is 52.3 Å². The summed E-state index contributed by atoms with van der Waals surface area (Å²) in [4.78, 5) is 25.0. The third-order valence-corrected chi connectivity index (χ3v) is 2.97. The highest BCUT2D eigenvalue weighted by atomic mass is 16.2. The van der Waals surface area contributed by atoms with Gasteiger partial charge in [-0.15, -0.1) is 5.10 Å². The molecule has 0 fully saturated rings. The number of aromatic nitrogens is 5. The zero-order valence-corrected chi connectivity index (χ0v) is 10.9. The average molecular weight is 284 g/mol. The van der Waals surface area contributed by atoms with Crippen molar-refractivity contribution < 1.29 is 0 Å². The third-order valence-electron chi connectivity index (χ3n) is 2.97. The van der Waals surface area contributed by atoms with E-state index in [1.165, 1.54) is 16.8 Å². The number of nitrogens with one attached hydrogen (secondary N) is 1. The molecule has 1 aromatic carbocycles. The van der Waals surface area contributed by atoms with Gasteiger partial charge in [-0.3, -0.25) is 14.3 Å². The Morgan fingerprint density at radius 1 is 1.10 bits per heavy atom. The summed E-state index contributed by atoms with van der Waals surface area (Å²) in [5.41, 5.74) is 6.70. The topological polar surface area (TPSA) is 112 Å². The number of nitrogens with zero attached hydrogens (tertiary/aromatic N) is 4. The van der Waals surface area contributed by atoms with E-state index in [4.69, 9.17) is 5.73 Å². The normalized spacial score (nSPS) is 10.7. The zero-order chi connectivity index (χ0) is 14.8. The van der Waals surface area contributed by atoms with Gasteiger partial charge in [0.05, 0.1) is 23.3 Å². The molecule has 2 heterocycles. The molecule has 0 atom stereocenters. The number of hydrogen-bond acceptors (Lipinski definition) is 5. The lowest BCUT2D eigenvalue weighted by Gasteiger charge is -2.05. The number of nitrogens with two attached hydrogens (primary N) is 1. The quantitative estimate of drug-likeness (QED) is 0.677. The maximum Gasteiger partial charge on any atom is 0.332 e. The Labute approximate surface area is 118 Å². The Kier molecular flexibility index (Phi) is 3.20. The lowest BCUT2D eigenvalue weighted by molar-refractivity contribution is 0.795. The Balaban J connectivity index is 1.97. The van der Waals surface area contributed by atoms with E-state index in [1.54, 1.807) is 35.1 Å². The van der Waals surface area contributed by atoms with Crippen LogP contribution >= 0.6 is 0 Å². The second kappa shape index (κ2) is 5.17. The highest BCUT2D eigenvalue weighted by Crippen LogP contribution is 2.11. The lowest BCUT2D eigenvalue weighted by atomic mass is 10.3. The van der Waals surface area contributed by atoms with E-state index >= 15 is 0 Å². The summed E-state index contributed by atoms with van der Waals surface area (Å²) < 4.78 is 2.94. The molecule has 0 aliphatic carbocycles. The van der Waals surface area contributed by atoms with Crippen molar-refractivity contribution in [2.24, 2.45) is 5.73 Å². The fourth-order valence-electron chi connectivity index (χ4n) is 1.90. The highest BCUT2D eigenvalue weighted by Gasteiger charge is 2.03. The van der Waals surface area contributed by atoms with E-state index in [1.807, 2.05) is 0 Å². The highest BCUT2D eigenvalue weighted by molar-refractivity contribution is 5.40. The molecule has 2 aromatic heterocycles. The van der Waals surface area contributed by atoms with E-state index in [2.05, 4.69) is 15.3 Å². The fraction of sp³-hybridized carbons (Fsp3) is 0.0769. The SMILES string of the molecule is NCc1cn(-c2ccc(-n3ccc(=O)[nH]c3=O)cc2)nn1. The largest absolute Gasteiger partial charge is 0.332 e. The van der Waals surface area contributed by atoms with Crippen molar-refractivity contribution >= 4 is 0 Å². The molecule has 3 rings (SSSR count). The van der Waals surface area contributed by atoms with Crippen molar-refractivity contribution in [3.8, 4) is 11.4 Å². The summed E-state index contributed by atoms with van der Waals surface area (Å²) in [6.07, 6.45) is 3.17. The van der Waals surface area contributed by atoms with Crippen LogP contribution in [-0.2, 0) is 6.54 Å². The van der Waals surface area contributed by atoms with Crippen LogP contribution in [0.2, 0.25) is 0 Å². The van der Waals surface area contributed by atoms with Crippen LogP contribution < -0.4 is 17.0 Å². The van der Waals surface area contributed by atoms with Crippen LogP contribution in [0.25, 0.3) is 11.4 Å². The minimum absolute atomic E-state index is 0.324. The number of benzene rings is 1. The monoisotopic (exact) mass is 284 g/mol. The van der Waals surface area contributed by atoms with Crippen LogP contribution in [0.5, 0.6) is 0 Å². The fourth-order valence-corrected chi connectivity index (χ4v) is 1.90. The lowest BCUT2D eigenvalue weighted by Crippen LogP contribution is -2.27. The molecule has 0 saturated carbocycles. The molecule has 0 saturated heterocycles. The molecule has 8 nitrogen and oxygen atoms in total. The summed E-state index contributed by atoms with van der Waals surface area (Å²) in [6.45, 7) is 0.324. The van der Waals surface area contributed by atoms with Gasteiger partial charge < -0.3 is 5.73 Å². The van der Waals surface area contributed by atoms with E-state index in [0.29, 0.717) is 17.9 Å². The first kappa shape index (κ1) is 13.0. The average Bonchev–Trinajstić information content (AvgIpc) is 2.96. The first-order chi connectivity index (χ1) is 10.2. The molecule has 8 heteroatoms. The minimum atomic E-state index is -0.485. The molecule has 3 N–H and O–H groups in total. The molecule has 21 heavy (non-hydrogen) atoms. The molecular weight excluding hydrogens is 272 g/mol. The number of hydrogen-bond donors (Lipinski definition) is 2. The molecule has 0 amide bonds. The van der Waals surface area contributed by atoms with Crippen molar-refractivity contribution in [3.63, 3.8) is 0 Å². The first-order valence-electron chi connectivity index (χ1n) is 6.21. The van der Waals surface area contributed by atoms with Gasteiger partial charge in [-0.25, -0.2) is 9.48 Å². The maximum atomic E-state index is 11.7. The molecule has 106 valence electrons. The second-order valence-electron chi connectivity index (χ2n) is 4.36. The van der Waals surface area contributed by atoms with Crippen LogP contribution in [0.1, 0.15) is 5.69 Å². The second-order valence-corrected chi connectivity index (χ2v) is 4.36. The maximum absolute atomic E-state index is 11.7. The van der Waals surface area contributed by atoms with E-state index < -0.39 is 11.2 Å². The molecular formula is C13H12N6O2. The summed E-state index contributed by atoms with van der Waals surface area (Å²) in [5.74, 6) is 0. The van der Waals surface area contributed by atoms with E-state index in [0.717, 1.165) is 5.69 Å². The van der Waals surface area contributed by atoms with Gasteiger partial charge in [0.1, 0.15) is 0 Å². The molecule has 0 unspecified atom stereocenters. The zero-order valence-electron chi connectivity index (χ0n) is 10.9. The minimum Gasteiger partial charge on any atom is -0.325 e. The van der Waals surface area contributed by atoms with Crippen molar-refractivity contribution in [2.75, 3.05) is 0 Å². The van der Waals surface area contributed by atoms with Crippen LogP contribution in [0, 0.1) is 0 Å². The third kappa shape index (κ3) is 2.51. The number of rotatable bonds is 3. The van der Waals surface area contributed by atoms with Crippen LogP contribution in [-0.4, -0.2) is 24.5 Å². The van der Waals surface area contributed by atoms with Gasteiger partial charge in [-0.2, -0.15) is 0 Å². The van der Waals surface area contributed by atoms with Gasteiger partial charge in [0.15, 0.2) is 0 Å². The van der Waals surface area contributed by atoms with Crippen LogP contribution in [0.4, 0.5) is 0 Å². The molecule has 0 spiro atoms. The molecule has 0 bridgehead atoms. The van der Waals surface area contributed by atoms with Crippen molar-refractivity contribution in [1.82, 2.24) is 24.5 Å². The predicted octanol–water partition coefficient (Wildman–Crippen LogP) is -0.435. The Morgan fingerprint density at radius 3 is 2.43 bits per heavy atom. The summed E-state index contributed by atoms with van der Waals surface area (Å²) in [7, 11) is 0. The van der Waals surface area contributed by atoms with Gasteiger partial charge in [-0.05, 0) is 24.3 Å². The van der Waals surface area contributed by atoms with Gasteiger partial charge in [0.2, 0.25) is 0 Å². The number of aromatic amines is 1.